The van der Waals surface area contributed by atoms with Gasteiger partial charge < -0.3 is 57.2 Å². The number of thiazole rings is 1. The molecule has 0 bridgehead atoms. The number of nitrogens with two attached hydrogens (primary N) is 1. The standard InChI is InChI=1S/C35H43N9O14S2/c1-18-25(32(53)44(18)60(55,56)57)41-30(51)26(21-17-59-34(36)40-21)42-58-35(2,3)33(54)39-14-13-37-24(47)16-43(31(52)20-9-7-11-23(46)28(20)49)15-5-4-12-38-29(50)19-8-6-10-22(45)27(19)48/h6-11,17-18,25,45-46,48-49H,4-5,12-16H2,1-3H3,(H2,36,40)(H,37,47)(H,38,50)(H,39,54)(H,41,51)(H,55,56,57)/b42-26-/t18-,25-/m0/s1. The van der Waals surface area contributed by atoms with Gasteiger partial charge in [0.05, 0.1) is 23.7 Å². The van der Waals surface area contributed by atoms with Gasteiger partial charge in [-0.1, -0.05) is 17.3 Å². The average Bonchev–Trinajstić information content (AvgIpc) is 3.61. The van der Waals surface area contributed by atoms with E-state index >= 15 is 0 Å². The molecule has 1 fully saturated rings. The zero-order chi connectivity index (χ0) is 44.5. The number of benzene rings is 2. The summed E-state index contributed by atoms with van der Waals surface area (Å²) >= 11 is 0.940. The quantitative estimate of drug-likeness (QED) is 0.0175. The maximum atomic E-state index is 13.4. The Morgan fingerprint density at radius 1 is 0.950 bits per heavy atom. The molecule has 3 aromatic rings. The zero-order valence-electron chi connectivity index (χ0n) is 32.2. The molecule has 1 aromatic heterocycles. The summed E-state index contributed by atoms with van der Waals surface area (Å²) in [7, 11) is -4.86. The van der Waals surface area contributed by atoms with E-state index in [2.05, 4.69) is 31.4 Å². The first-order valence-electron chi connectivity index (χ1n) is 17.9. The van der Waals surface area contributed by atoms with Crippen molar-refractivity contribution >= 4 is 67.9 Å². The Hall–Kier alpha value is -6.73. The molecule has 0 saturated carbocycles. The number of β-lactam (4-membered cyclic amide) rings is 1. The number of nitrogen functional groups attached to an aromatic ring is 1. The van der Waals surface area contributed by atoms with Gasteiger partial charge in [-0.15, -0.1) is 11.3 Å². The van der Waals surface area contributed by atoms with Gasteiger partial charge in [-0.3, -0.25) is 33.3 Å². The molecule has 25 heteroatoms. The lowest BCUT2D eigenvalue weighted by molar-refractivity contribution is -0.144. The number of aromatic nitrogens is 1. The number of phenols is 4. The molecule has 11 N–H and O–H groups in total. The number of nitrogens with one attached hydrogen (secondary N) is 4. The van der Waals surface area contributed by atoms with Crippen LogP contribution in [0.3, 0.4) is 0 Å². The van der Waals surface area contributed by atoms with E-state index in [0.717, 1.165) is 16.2 Å². The number of oxime groups is 1. The summed E-state index contributed by atoms with van der Waals surface area (Å²) in [5.41, 5.74) is 2.91. The van der Waals surface area contributed by atoms with Crippen molar-refractivity contribution in [1.29, 1.82) is 0 Å². The van der Waals surface area contributed by atoms with Crippen LogP contribution in [0.25, 0.3) is 0 Å². The first-order chi connectivity index (χ1) is 28.1. The number of para-hydroxylation sites is 2. The number of aromatic hydroxyl groups is 4. The fourth-order valence-corrected chi connectivity index (χ4v) is 6.93. The van der Waals surface area contributed by atoms with Gasteiger partial charge in [0.2, 0.25) is 11.5 Å². The third kappa shape index (κ3) is 11.3. The van der Waals surface area contributed by atoms with Crippen LogP contribution >= 0.6 is 11.3 Å². The van der Waals surface area contributed by atoms with Crippen LogP contribution in [-0.4, -0.2) is 139 Å². The van der Waals surface area contributed by atoms with Crippen molar-refractivity contribution in [3.63, 3.8) is 0 Å². The highest BCUT2D eigenvalue weighted by Gasteiger charge is 2.51. The molecule has 0 aliphatic carbocycles. The van der Waals surface area contributed by atoms with Gasteiger partial charge >= 0.3 is 10.3 Å². The molecule has 1 aliphatic heterocycles. The summed E-state index contributed by atoms with van der Waals surface area (Å²) in [6.45, 7) is 3.13. The molecule has 6 amide bonds. The lowest BCUT2D eigenvalue weighted by atomic mass is 10.0. The summed E-state index contributed by atoms with van der Waals surface area (Å²) in [5.74, 6) is -7.31. The van der Waals surface area contributed by atoms with Crippen molar-refractivity contribution in [2.75, 3.05) is 38.5 Å². The number of unbranched alkanes of at least 4 members (excludes halogenated alkanes) is 1. The van der Waals surface area contributed by atoms with Crippen LogP contribution in [0.5, 0.6) is 23.0 Å². The summed E-state index contributed by atoms with van der Waals surface area (Å²) in [4.78, 5) is 87.9. The number of carbonyl (C=O) groups is 6. The summed E-state index contributed by atoms with van der Waals surface area (Å²) in [6, 6.07) is 5.17. The Bertz CT molecular complexity index is 2280. The van der Waals surface area contributed by atoms with Gasteiger partial charge in [0, 0.05) is 31.6 Å². The number of carbonyl (C=O) groups excluding carboxylic acids is 6. The summed E-state index contributed by atoms with van der Waals surface area (Å²) in [6.07, 6.45) is 0.554. The van der Waals surface area contributed by atoms with Crippen LogP contribution in [0, 0.1) is 0 Å². The number of amides is 6. The molecule has 0 unspecified atom stereocenters. The van der Waals surface area contributed by atoms with E-state index in [9.17, 15) is 62.2 Å². The molecule has 60 heavy (non-hydrogen) atoms. The molecule has 23 nitrogen and oxygen atoms in total. The number of nitrogens with zero attached hydrogens (tertiary/aromatic N) is 4. The second-order valence-corrected chi connectivity index (χ2v) is 15.7. The molecule has 324 valence electrons. The van der Waals surface area contributed by atoms with Crippen molar-refractivity contribution in [2.24, 2.45) is 5.16 Å². The van der Waals surface area contributed by atoms with E-state index < -0.39 is 98.7 Å². The van der Waals surface area contributed by atoms with Gasteiger partial charge in [-0.25, -0.2) is 9.29 Å². The maximum absolute atomic E-state index is 13.4. The van der Waals surface area contributed by atoms with Gasteiger partial charge in [0.15, 0.2) is 33.8 Å². The maximum Gasteiger partial charge on any atom is 0.362 e. The summed E-state index contributed by atoms with van der Waals surface area (Å²) < 4.78 is 32.3. The monoisotopic (exact) mass is 877 g/mol. The van der Waals surface area contributed by atoms with Crippen LogP contribution in [0.15, 0.2) is 46.9 Å². The smallest absolute Gasteiger partial charge is 0.362 e. The van der Waals surface area contributed by atoms with Crippen molar-refractivity contribution in [3.05, 3.63) is 58.6 Å². The summed E-state index contributed by atoms with van der Waals surface area (Å²) in [5, 5.41) is 54.9. The van der Waals surface area contributed by atoms with Crippen molar-refractivity contribution < 1.29 is 67.0 Å². The van der Waals surface area contributed by atoms with Gasteiger partial charge in [0.25, 0.3) is 29.5 Å². The highest BCUT2D eigenvalue weighted by molar-refractivity contribution is 7.84. The molecular formula is C35H43N9O14S2. The number of anilines is 1. The van der Waals surface area contributed by atoms with Crippen molar-refractivity contribution in [1.82, 2.24) is 35.5 Å². The second-order valence-electron chi connectivity index (χ2n) is 13.6. The zero-order valence-corrected chi connectivity index (χ0v) is 33.9. The van der Waals surface area contributed by atoms with Crippen LogP contribution in [-0.2, 0) is 34.3 Å². The molecular weight excluding hydrogens is 835 g/mol. The fourth-order valence-electron chi connectivity index (χ4n) is 5.50. The Balaban J connectivity index is 1.31. The van der Waals surface area contributed by atoms with E-state index in [1.807, 2.05) is 0 Å². The second kappa shape index (κ2) is 19.3. The third-order valence-corrected chi connectivity index (χ3v) is 10.4. The minimum absolute atomic E-state index is 0.0374. The highest BCUT2D eigenvalue weighted by Crippen LogP contribution is 2.30. The molecule has 4 rings (SSSR count). The first-order valence-corrected chi connectivity index (χ1v) is 20.1. The van der Waals surface area contributed by atoms with E-state index in [1.165, 1.54) is 62.5 Å². The molecule has 1 aliphatic rings. The van der Waals surface area contributed by atoms with Crippen molar-refractivity contribution in [2.45, 2.75) is 51.3 Å². The van der Waals surface area contributed by atoms with Gasteiger partial charge in [-0.2, -0.15) is 8.42 Å². The van der Waals surface area contributed by atoms with Crippen LogP contribution in [0.2, 0.25) is 0 Å². The number of hydrogen-bond donors (Lipinski definition) is 10. The van der Waals surface area contributed by atoms with Gasteiger partial charge in [-0.05, 0) is 57.9 Å². The minimum Gasteiger partial charge on any atom is -0.504 e. The fraction of sp³-hybridized carbons (Fsp3) is 0.371. The topological polar surface area (TPSA) is 353 Å². The van der Waals surface area contributed by atoms with Crippen LogP contribution in [0.4, 0.5) is 5.13 Å². The lowest BCUT2D eigenvalue weighted by Gasteiger charge is -2.42. The Morgan fingerprint density at radius 3 is 2.17 bits per heavy atom. The Morgan fingerprint density at radius 2 is 1.57 bits per heavy atom. The van der Waals surface area contributed by atoms with E-state index in [-0.39, 0.29) is 58.9 Å². The SMILES string of the molecule is C[C@H]1[C@H](NC(=O)/C(=N\OC(C)(C)C(=O)NCCNC(=O)CN(CCCCNC(=O)c2cccc(O)c2O)C(=O)c2cccc(O)c2O)c2csc(N)n2)C(=O)N1S(=O)(=O)O. The average molecular weight is 878 g/mol. The normalized spacial score (nSPS) is 15.4. The molecule has 0 spiro atoms. The third-order valence-electron chi connectivity index (χ3n) is 8.76. The lowest BCUT2D eigenvalue weighted by Crippen LogP contribution is -2.71. The van der Waals surface area contributed by atoms with E-state index in [0.29, 0.717) is 6.42 Å². The molecule has 0 radical (unpaired) electrons. The molecule has 2 aromatic carbocycles. The Labute approximate surface area is 346 Å². The van der Waals surface area contributed by atoms with Crippen LogP contribution in [0.1, 0.15) is 60.0 Å². The molecule has 2 heterocycles. The molecule has 2 atom stereocenters. The van der Waals surface area contributed by atoms with Gasteiger partial charge in [0.1, 0.15) is 11.7 Å². The minimum atomic E-state index is -4.86. The Kier molecular flexibility index (Phi) is 14.8. The predicted octanol–water partition coefficient (Wildman–Crippen LogP) is -0.850. The number of phenolic OH excluding ortho intramolecular Hbond substituents is 4. The van der Waals surface area contributed by atoms with E-state index in [1.54, 1.807) is 0 Å². The number of rotatable bonds is 19. The number of hydrogen-bond acceptors (Lipinski definition) is 17. The van der Waals surface area contributed by atoms with E-state index in [4.69, 9.17) is 10.6 Å². The largest absolute Gasteiger partial charge is 0.504 e. The first kappa shape index (κ1) is 46.0. The van der Waals surface area contributed by atoms with Crippen LogP contribution < -0.4 is 27.0 Å². The highest BCUT2D eigenvalue weighted by atomic mass is 32.2. The van der Waals surface area contributed by atoms with Crippen molar-refractivity contribution in [3.8, 4) is 23.0 Å². The predicted molar refractivity (Wildman–Crippen MR) is 211 cm³/mol. The molecule has 1 saturated heterocycles.